The van der Waals surface area contributed by atoms with Gasteiger partial charge in [0.1, 0.15) is 11.2 Å². The summed E-state index contributed by atoms with van der Waals surface area (Å²) in [5.41, 5.74) is -0.458. The molecule has 0 atom stereocenters. The lowest BCUT2D eigenvalue weighted by Gasteiger charge is -2.25. The monoisotopic (exact) mass is 716 g/mol. The van der Waals surface area contributed by atoms with Crippen LogP contribution in [0.15, 0.2) is 125 Å². The second-order valence-corrected chi connectivity index (χ2v) is 14.6. The van der Waals surface area contributed by atoms with Gasteiger partial charge in [0, 0.05) is 16.2 Å². The summed E-state index contributed by atoms with van der Waals surface area (Å²) in [6.45, 7) is 12.9. The van der Waals surface area contributed by atoms with Crippen molar-refractivity contribution in [2.24, 2.45) is 0 Å². The Morgan fingerprint density at radius 2 is 1.13 bits per heavy atom. The average molecular weight is 717 g/mol. The molecule has 1 aliphatic rings. The van der Waals surface area contributed by atoms with Crippen LogP contribution in [0.2, 0.25) is 0 Å². The summed E-state index contributed by atoms with van der Waals surface area (Å²) in [7, 11) is 0. The summed E-state index contributed by atoms with van der Waals surface area (Å²) in [5, 5.41) is -1.56. The number of hydrogen-bond donors (Lipinski definition) is 0. The van der Waals surface area contributed by atoms with Crippen LogP contribution in [-0.4, -0.2) is 0 Å². The Morgan fingerprint density at radius 1 is 0.463 bits per heavy atom. The molecule has 0 saturated heterocycles. The first kappa shape index (κ1) is 17.9. The zero-order valence-electron chi connectivity index (χ0n) is 50.9. The van der Waals surface area contributed by atoms with Crippen molar-refractivity contribution in [2.45, 2.75) is 60.8 Å². The van der Waals surface area contributed by atoms with Crippen molar-refractivity contribution >= 4 is 43.5 Å². The Labute approximate surface area is 346 Å². The Hall–Kier alpha value is -5.92. The number of hydrogen-bond acceptors (Lipinski definition) is 1. The van der Waals surface area contributed by atoms with E-state index in [0.29, 0.717) is 38.9 Å². The lowest BCUT2D eigenvalue weighted by molar-refractivity contribution is 0.661. The molecule has 1 nitrogen and oxygen atoms in total. The molecule has 0 fully saturated rings. The summed E-state index contributed by atoms with van der Waals surface area (Å²) in [6.07, 6.45) is 0. The smallest absolute Gasteiger partial charge is 0.138 e. The SMILES string of the molecule is [2H]c1c([2H])c(-c2c([2H])c([2H])c(C)c3c2C(C)(C)c2c([2H])c(C)c([2H])c(C)c2-3)c([2H])c(-c2c3c([2H])c([2H])c([2H])c([2H])c3c(-c3c([2H])c(C)c([2H])c4oc5c(C)c([2H])c([2H])c([2H])c5c34)c3c(C)c([2H])c([2H])c([2H])c23)c1[2H]. The molecule has 8 aromatic carbocycles. The van der Waals surface area contributed by atoms with Crippen LogP contribution < -0.4 is 0 Å². The second kappa shape index (κ2) is 11.5. The molecule has 0 saturated carbocycles. The number of para-hydroxylation sites is 1. The maximum Gasteiger partial charge on any atom is 0.138 e. The standard InChI is InChI=1S/C53H44O/c1-29-24-34(6)46-43(26-29)53(7,8)51-37(23-22-32(4)47(46)51)35-16-13-17-36(28-35)48-38-18-9-10-19-39(38)50(45-31(3)14-11-20-40(45)48)42-25-30(2)27-44-49(42)41-21-12-15-33(5)52(41)54-44/h9-28H,1-8H3/i9D,10D,11D,12D,13D,14D,15D,16D,17D,18D,19D,20D,21D,22D,23D,24D,25D,26D,27D,28D. The van der Waals surface area contributed by atoms with Crippen LogP contribution in [0.4, 0.5) is 0 Å². The Bertz CT molecular complexity index is 4140. The van der Waals surface area contributed by atoms with Crippen LogP contribution in [0.3, 0.4) is 0 Å². The van der Waals surface area contributed by atoms with E-state index in [0.717, 1.165) is 0 Å². The van der Waals surface area contributed by atoms with E-state index in [9.17, 15) is 20.6 Å². The Kier molecular flexibility index (Phi) is 3.83. The van der Waals surface area contributed by atoms with E-state index in [1.54, 1.807) is 34.6 Å². The highest BCUT2D eigenvalue weighted by molar-refractivity contribution is 6.26. The van der Waals surface area contributed by atoms with Gasteiger partial charge in [-0.2, -0.15) is 0 Å². The number of aryl methyl sites for hydroxylation is 2. The van der Waals surface area contributed by atoms with Crippen molar-refractivity contribution in [3.8, 4) is 44.5 Å². The third-order valence-electron chi connectivity index (χ3n) is 10.7. The first-order valence-corrected chi connectivity index (χ1v) is 17.7. The molecule has 0 amide bonds. The van der Waals surface area contributed by atoms with E-state index in [4.69, 9.17) is 11.3 Å². The number of benzene rings is 8. The van der Waals surface area contributed by atoms with Crippen LogP contribution >= 0.6 is 0 Å². The molecule has 0 aliphatic heterocycles. The topological polar surface area (TPSA) is 13.1 Å². The van der Waals surface area contributed by atoms with E-state index in [1.807, 2.05) is 0 Å². The molecule has 262 valence electrons. The van der Waals surface area contributed by atoms with Crippen molar-refractivity contribution < 1.29 is 31.8 Å². The molecule has 1 aliphatic carbocycles. The quantitative estimate of drug-likeness (QED) is 0.166. The highest BCUT2D eigenvalue weighted by Gasteiger charge is 2.39. The minimum atomic E-state index is -1.20. The summed E-state index contributed by atoms with van der Waals surface area (Å²) in [4.78, 5) is 0. The summed E-state index contributed by atoms with van der Waals surface area (Å²) >= 11 is 0. The fraction of sp³-hybridized carbons (Fsp3) is 0.170. The first-order valence-electron chi connectivity index (χ1n) is 27.7. The largest absolute Gasteiger partial charge is 0.456 e. The molecule has 1 aromatic heterocycles. The Morgan fingerprint density at radius 3 is 1.93 bits per heavy atom. The normalized spacial score (nSPS) is 18.5. The van der Waals surface area contributed by atoms with Gasteiger partial charge in [-0.05, 0) is 159 Å². The maximum absolute atomic E-state index is 10.3. The Balaban J connectivity index is 1.50. The molecule has 1 heteroatoms. The van der Waals surface area contributed by atoms with Gasteiger partial charge >= 0.3 is 0 Å². The van der Waals surface area contributed by atoms with E-state index in [-0.39, 0.29) is 102 Å². The molecular weight excluding hydrogens is 653 g/mol. The number of fused-ring (bicyclic) bond motifs is 8. The molecule has 9 aromatic rings. The van der Waals surface area contributed by atoms with Gasteiger partial charge in [-0.1, -0.05) is 128 Å². The molecule has 0 N–H and O–H groups in total. The van der Waals surface area contributed by atoms with E-state index in [2.05, 4.69) is 0 Å². The molecule has 0 radical (unpaired) electrons. The van der Waals surface area contributed by atoms with Gasteiger partial charge in [0.15, 0.2) is 0 Å². The van der Waals surface area contributed by atoms with Crippen LogP contribution in [-0.2, 0) is 5.41 Å². The summed E-state index contributed by atoms with van der Waals surface area (Å²) in [5.74, 6) is 0. The van der Waals surface area contributed by atoms with Gasteiger partial charge in [-0.3, -0.25) is 0 Å². The molecule has 1 heterocycles. The summed E-state index contributed by atoms with van der Waals surface area (Å²) in [6, 6.07) is -10.7. The van der Waals surface area contributed by atoms with Gasteiger partial charge < -0.3 is 4.42 Å². The molecule has 0 unspecified atom stereocenters. The third-order valence-corrected chi connectivity index (χ3v) is 10.7. The predicted molar refractivity (Wildman–Crippen MR) is 231 cm³/mol. The van der Waals surface area contributed by atoms with Crippen LogP contribution in [0, 0.1) is 41.5 Å². The fourth-order valence-electron chi connectivity index (χ4n) is 8.49. The van der Waals surface area contributed by atoms with E-state index >= 15 is 0 Å². The summed E-state index contributed by atoms with van der Waals surface area (Å²) < 4.78 is 194. The van der Waals surface area contributed by atoms with Crippen molar-refractivity contribution in [2.75, 3.05) is 0 Å². The van der Waals surface area contributed by atoms with Crippen molar-refractivity contribution in [1.82, 2.24) is 0 Å². The number of furan rings is 1. The third kappa shape index (κ3) is 4.51. The van der Waals surface area contributed by atoms with Crippen molar-refractivity contribution in [3.63, 3.8) is 0 Å². The maximum atomic E-state index is 10.3. The molecular formula is C53H44O. The first-order chi connectivity index (χ1) is 34.4. The minimum absolute atomic E-state index is 0.0000235. The lowest BCUT2D eigenvalue weighted by atomic mass is 9.77. The van der Waals surface area contributed by atoms with E-state index < -0.39 is 118 Å². The van der Waals surface area contributed by atoms with Crippen LogP contribution in [0.25, 0.3) is 88.0 Å². The minimum Gasteiger partial charge on any atom is -0.456 e. The lowest BCUT2D eigenvalue weighted by Crippen LogP contribution is -2.16. The van der Waals surface area contributed by atoms with Gasteiger partial charge in [0.05, 0.1) is 27.4 Å². The van der Waals surface area contributed by atoms with Gasteiger partial charge in [0.2, 0.25) is 0 Å². The molecule has 10 rings (SSSR count). The van der Waals surface area contributed by atoms with Gasteiger partial charge in [-0.25, -0.2) is 0 Å². The number of rotatable bonds is 3. The average Bonchev–Trinajstić information content (AvgIpc) is 3.87. The van der Waals surface area contributed by atoms with Crippen molar-refractivity contribution in [3.05, 3.63) is 165 Å². The zero-order chi connectivity index (χ0) is 54.6. The van der Waals surface area contributed by atoms with Crippen LogP contribution in [0.1, 0.15) is 85.8 Å². The fourth-order valence-corrected chi connectivity index (χ4v) is 8.49. The second-order valence-electron chi connectivity index (χ2n) is 14.6. The van der Waals surface area contributed by atoms with Crippen LogP contribution in [0.5, 0.6) is 0 Å². The van der Waals surface area contributed by atoms with E-state index in [1.165, 1.54) is 20.8 Å². The van der Waals surface area contributed by atoms with Crippen molar-refractivity contribution in [1.29, 1.82) is 0 Å². The van der Waals surface area contributed by atoms with Gasteiger partial charge in [-0.15, -0.1) is 0 Å². The molecule has 0 bridgehead atoms. The highest BCUT2D eigenvalue weighted by Crippen LogP contribution is 2.55. The zero-order valence-corrected chi connectivity index (χ0v) is 30.9. The molecule has 0 spiro atoms. The predicted octanol–water partition coefficient (Wildman–Crippen LogP) is 15.1. The highest BCUT2D eigenvalue weighted by atomic mass is 16.3. The van der Waals surface area contributed by atoms with Gasteiger partial charge in [0.25, 0.3) is 0 Å². The molecule has 54 heavy (non-hydrogen) atoms.